The van der Waals surface area contributed by atoms with Gasteiger partial charge in [0.1, 0.15) is 0 Å². The van der Waals surface area contributed by atoms with Gasteiger partial charge in [-0.2, -0.15) is 4.31 Å². The molecule has 0 aliphatic carbocycles. The van der Waals surface area contributed by atoms with Crippen molar-refractivity contribution in [2.24, 2.45) is 0 Å². The molecule has 1 aliphatic heterocycles. The second kappa shape index (κ2) is 9.02. The van der Waals surface area contributed by atoms with Gasteiger partial charge in [0.25, 0.3) is 5.91 Å². The number of nitrogens with one attached hydrogen (secondary N) is 1. The monoisotopic (exact) mass is 438 g/mol. The Hall–Kier alpha value is -2.29. The van der Waals surface area contributed by atoms with Crippen molar-refractivity contribution in [3.8, 4) is 11.5 Å². The minimum atomic E-state index is -3.65. The molecule has 1 fully saturated rings. The third kappa shape index (κ3) is 4.66. The number of methoxy groups -OCH3 is 1. The number of ether oxygens (including phenoxy) is 2. The highest BCUT2D eigenvalue weighted by atomic mass is 35.5. The molecule has 1 amide bonds. The quantitative estimate of drug-likeness (QED) is 0.711. The number of benzene rings is 2. The molecule has 0 spiro atoms. The zero-order valence-corrected chi connectivity index (χ0v) is 17.8. The molecule has 7 nitrogen and oxygen atoms in total. The van der Waals surface area contributed by atoms with Crippen molar-refractivity contribution in [1.82, 2.24) is 4.31 Å². The van der Waals surface area contributed by atoms with Crippen molar-refractivity contribution in [2.45, 2.75) is 24.7 Å². The number of nitrogens with zero attached hydrogens (tertiary/aromatic N) is 1. The maximum Gasteiger partial charge on any atom is 0.257 e. The van der Waals surface area contributed by atoms with E-state index in [-0.39, 0.29) is 15.5 Å². The first-order chi connectivity index (χ1) is 13.9. The van der Waals surface area contributed by atoms with Gasteiger partial charge in [0.15, 0.2) is 11.5 Å². The van der Waals surface area contributed by atoms with Crippen LogP contribution in [0, 0.1) is 0 Å². The lowest BCUT2D eigenvalue weighted by Gasteiger charge is -2.16. The zero-order chi connectivity index (χ0) is 21.0. The van der Waals surface area contributed by atoms with E-state index in [1.54, 1.807) is 18.2 Å². The van der Waals surface area contributed by atoms with Gasteiger partial charge >= 0.3 is 0 Å². The Bertz CT molecular complexity index is 1000. The minimum Gasteiger partial charge on any atom is -0.493 e. The van der Waals surface area contributed by atoms with E-state index in [2.05, 4.69) is 5.32 Å². The van der Waals surface area contributed by atoms with E-state index in [0.29, 0.717) is 36.9 Å². The van der Waals surface area contributed by atoms with Gasteiger partial charge in [0.2, 0.25) is 10.0 Å². The van der Waals surface area contributed by atoms with Gasteiger partial charge in [-0.15, -0.1) is 0 Å². The van der Waals surface area contributed by atoms with E-state index < -0.39 is 15.9 Å². The first-order valence-corrected chi connectivity index (χ1v) is 11.1. The first kappa shape index (κ1) is 21.4. The summed E-state index contributed by atoms with van der Waals surface area (Å²) in [5.74, 6) is 0.519. The Morgan fingerprint density at radius 3 is 2.52 bits per heavy atom. The van der Waals surface area contributed by atoms with Gasteiger partial charge in [-0.25, -0.2) is 8.42 Å². The van der Waals surface area contributed by atoms with Crippen LogP contribution < -0.4 is 14.8 Å². The molecule has 156 valence electrons. The number of amides is 1. The molecule has 29 heavy (non-hydrogen) atoms. The zero-order valence-electron chi connectivity index (χ0n) is 16.3. The predicted molar refractivity (Wildman–Crippen MR) is 112 cm³/mol. The van der Waals surface area contributed by atoms with Crippen molar-refractivity contribution in [2.75, 3.05) is 32.1 Å². The number of carbonyl (C=O) groups is 1. The summed E-state index contributed by atoms with van der Waals surface area (Å²) < 4.78 is 37.7. The summed E-state index contributed by atoms with van der Waals surface area (Å²) in [6.45, 7) is 3.31. The molecular formula is C20H23ClN2O5S. The SMILES string of the molecule is CCOc1ccc(NC(=O)c2cc(S(=O)(=O)N3CCCC3)ccc2Cl)cc1OC. The lowest BCUT2D eigenvalue weighted by Crippen LogP contribution is -2.28. The van der Waals surface area contributed by atoms with Crippen LogP contribution >= 0.6 is 11.6 Å². The average Bonchev–Trinajstić information content (AvgIpc) is 3.25. The molecular weight excluding hydrogens is 416 g/mol. The molecule has 2 aromatic rings. The highest BCUT2D eigenvalue weighted by Crippen LogP contribution is 2.31. The number of hydrogen-bond acceptors (Lipinski definition) is 5. The second-order valence-corrected chi connectivity index (χ2v) is 8.85. The summed E-state index contributed by atoms with van der Waals surface area (Å²) in [6.07, 6.45) is 1.67. The molecule has 0 saturated carbocycles. The van der Waals surface area contributed by atoms with Gasteiger partial charge in [-0.05, 0) is 50.1 Å². The van der Waals surface area contributed by atoms with E-state index in [0.717, 1.165) is 12.8 Å². The fourth-order valence-electron chi connectivity index (χ4n) is 3.13. The first-order valence-electron chi connectivity index (χ1n) is 9.28. The predicted octanol–water partition coefficient (Wildman–Crippen LogP) is 3.78. The topological polar surface area (TPSA) is 84.9 Å². The van der Waals surface area contributed by atoms with Gasteiger partial charge in [-0.1, -0.05) is 11.6 Å². The number of sulfonamides is 1. The minimum absolute atomic E-state index is 0.0539. The second-order valence-electron chi connectivity index (χ2n) is 6.51. The molecule has 0 unspecified atom stereocenters. The summed E-state index contributed by atoms with van der Waals surface area (Å²) in [6, 6.07) is 9.15. The number of anilines is 1. The molecule has 1 saturated heterocycles. The molecule has 1 aliphatic rings. The number of hydrogen-bond donors (Lipinski definition) is 1. The molecule has 9 heteroatoms. The van der Waals surface area contributed by atoms with Crippen LogP contribution in [-0.4, -0.2) is 45.4 Å². The summed E-state index contributed by atoms with van der Waals surface area (Å²) in [7, 11) is -2.14. The van der Waals surface area contributed by atoms with Crippen LogP contribution in [0.25, 0.3) is 0 Å². The van der Waals surface area contributed by atoms with Gasteiger partial charge in [-0.3, -0.25) is 4.79 Å². The van der Waals surface area contributed by atoms with Gasteiger partial charge < -0.3 is 14.8 Å². The van der Waals surface area contributed by atoms with Crippen LogP contribution in [0.15, 0.2) is 41.3 Å². The molecule has 1 N–H and O–H groups in total. The molecule has 2 aromatic carbocycles. The smallest absolute Gasteiger partial charge is 0.257 e. The van der Waals surface area contributed by atoms with E-state index >= 15 is 0 Å². The van der Waals surface area contributed by atoms with Crippen LogP contribution in [0.2, 0.25) is 5.02 Å². The Morgan fingerprint density at radius 2 is 1.86 bits per heavy atom. The standard InChI is InChI=1S/C20H23ClN2O5S/c1-3-28-18-9-6-14(12-19(18)27-2)22-20(24)16-13-15(7-8-17(16)21)29(25,26)23-10-4-5-11-23/h6-9,12-13H,3-5,10-11H2,1-2H3,(H,22,24). The molecule has 0 atom stereocenters. The van der Waals surface area contributed by atoms with Crippen molar-refractivity contribution in [3.05, 3.63) is 47.0 Å². The molecule has 1 heterocycles. The third-order valence-electron chi connectivity index (χ3n) is 4.61. The normalized spacial score (nSPS) is 14.6. The van der Waals surface area contributed by atoms with Crippen molar-refractivity contribution in [3.63, 3.8) is 0 Å². The maximum absolute atomic E-state index is 12.8. The summed E-state index contributed by atoms with van der Waals surface area (Å²) in [4.78, 5) is 12.8. The number of rotatable bonds is 7. The summed E-state index contributed by atoms with van der Waals surface area (Å²) >= 11 is 6.18. The Kier molecular flexibility index (Phi) is 6.66. The van der Waals surface area contributed by atoms with Crippen LogP contribution in [0.5, 0.6) is 11.5 Å². The number of halogens is 1. The van der Waals surface area contributed by atoms with Crippen LogP contribution in [0.1, 0.15) is 30.1 Å². The fourth-order valence-corrected chi connectivity index (χ4v) is 4.88. The largest absolute Gasteiger partial charge is 0.493 e. The molecule has 0 aromatic heterocycles. The summed E-state index contributed by atoms with van der Waals surface area (Å²) in [5.41, 5.74) is 0.555. The van der Waals surface area contributed by atoms with Crippen LogP contribution in [0.4, 0.5) is 5.69 Å². The molecule has 3 rings (SSSR count). The molecule has 0 radical (unpaired) electrons. The van der Waals surface area contributed by atoms with Crippen molar-refractivity contribution in [1.29, 1.82) is 0 Å². The highest BCUT2D eigenvalue weighted by Gasteiger charge is 2.28. The molecule has 0 bridgehead atoms. The number of carbonyl (C=O) groups excluding carboxylic acids is 1. The van der Waals surface area contributed by atoms with Crippen molar-refractivity contribution >= 4 is 33.2 Å². The maximum atomic E-state index is 12.8. The Morgan fingerprint density at radius 1 is 1.14 bits per heavy atom. The third-order valence-corrected chi connectivity index (χ3v) is 6.83. The van der Waals surface area contributed by atoms with E-state index in [4.69, 9.17) is 21.1 Å². The van der Waals surface area contributed by atoms with Gasteiger partial charge in [0, 0.05) is 24.8 Å². The highest BCUT2D eigenvalue weighted by molar-refractivity contribution is 7.89. The Labute approximate surface area is 175 Å². The van der Waals surface area contributed by atoms with E-state index in [9.17, 15) is 13.2 Å². The van der Waals surface area contributed by atoms with Crippen molar-refractivity contribution < 1.29 is 22.7 Å². The van der Waals surface area contributed by atoms with Crippen LogP contribution in [0.3, 0.4) is 0 Å². The van der Waals surface area contributed by atoms with Crippen LogP contribution in [-0.2, 0) is 10.0 Å². The fraction of sp³-hybridized carbons (Fsp3) is 0.350. The average molecular weight is 439 g/mol. The summed E-state index contributed by atoms with van der Waals surface area (Å²) in [5, 5.41) is 2.89. The lowest BCUT2D eigenvalue weighted by atomic mass is 10.2. The van der Waals surface area contributed by atoms with Gasteiger partial charge in [0.05, 0.1) is 29.2 Å². The van der Waals surface area contributed by atoms with E-state index in [1.807, 2.05) is 6.92 Å². The lowest BCUT2D eigenvalue weighted by molar-refractivity contribution is 0.102. The van der Waals surface area contributed by atoms with E-state index in [1.165, 1.54) is 29.6 Å². The Balaban J connectivity index is 1.86.